The van der Waals surface area contributed by atoms with Crippen LogP contribution in [0.2, 0.25) is 5.02 Å². The SMILES string of the molecule is COc1ccc([C@H]2CC(c3cccs3)=NN2C(=O)CSc2nnc(CNC(=O)c3ccco3)n2-c2cccc(Cl)c2)cc1. The number of furan rings is 1. The van der Waals surface area contributed by atoms with E-state index in [9.17, 15) is 9.59 Å². The zero-order chi connectivity index (χ0) is 29.8. The molecular formula is C30H25ClN6O4S2. The summed E-state index contributed by atoms with van der Waals surface area (Å²) in [6.45, 7) is 0.0771. The molecule has 0 spiro atoms. The molecule has 0 radical (unpaired) electrons. The second kappa shape index (κ2) is 12.9. The van der Waals surface area contributed by atoms with E-state index >= 15 is 0 Å². The van der Waals surface area contributed by atoms with E-state index in [2.05, 4.69) is 15.5 Å². The zero-order valence-corrected chi connectivity index (χ0v) is 25.2. The van der Waals surface area contributed by atoms with Gasteiger partial charge in [0.05, 0.1) is 48.0 Å². The number of hydrogen-bond donors (Lipinski definition) is 1. The van der Waals surface area contributed by atoms with Crippen LogP contribution in [0, 0.1) is 0 Å². The van der Waals surface area contributed by atoms with Crippen molar-refractivity contribution >= 4 is 52.2 Å². The lowest BCUT2D eigenvalue weighted by Crippen LogP contribution is -2.28. The number of ether oxygens (including phenoxy) is 1. The molecule has 1 aliphatic rings. The summed E-state index contributed by atoms with van der Waals surface area (Å²) in [6.07, 6.45) is 2.03. The number of halogens is 1. The van der Waals surface area contributed by atoms with Crippen LogP contribution < -0.4 is 10.1 Å². The Morgan fingerprint density at radius 3 is 2.70 bits per heavy atom. The first kappa shape index (κ1) is 28.7. The van der Waals surface area contributed by atoms with Gasteiger partial charge in [-0.1, -0.05) is 47.6 Å². The third-order valence-corrected chi connectivity index (χ3v) is 8.78. The summed E-state index contributed by atoms with van der Waals surface area (Å²) < 4.78 is 12.3. The van der Waals surface area contributed by atoms with Gasteiger partial charge in [-0.15, -0.1) is 21.5 Å². The van der Waals surface area contributed by atoms with Crippen molar-refractivity contribution < 1.29 is 18.7 Å². The molecule has 0 bridgehead atoms. The fourth-order valence-electron chi connectivity index (χ4n) is 4.65. The largest absolute Gasteiger partial charge is 0.497 e. The van der Waals surface area contributed by atoms with E-state index in [1.54, 1.807) is 52.3 Å². The van der Waals surface area contributed by atoms with Gasteiger partial charge < -0.3 is 14.5 Å². The number of thiophene rings is 1. The third kappa shape index (κ3) is 6.36. The van der Waals surface area contributed by atoms with Crippen LogP contribution in [0.3, 0.4) is 0 Å². The van der Waals surface area contributed by atoms with Gasteiger partial charge in [-0.2, -0.15) is 5.10 Å². The van der Waals surface area contributed by atoms with Crippen LogP contribution in [0.5, 0.6) is 5.75 Å². The van der Waals surface area contributed by atoms with E-state index in [0.29, 0.717) is 28.1 Å². The van der Waals surface area contributed by atoms with Crippen molar-refractivity contribution in [2.45, 2.75) is 24.2 Å². The number of thioether (sulfide) groups is 1. The monoisotopic (exact) mass is 632 g/mol. The molecule has 2 aromatic carbocycles. The third-order valence-electron chi connectivity index (χ3n) is 6.72. The molecule has 5 aromatic rings. The number of nitrogens with one attached hydrogen (secondary N) is 1. The lowest BCUT2D eigenvalue weighted by molar-refractivity contribution is -0.130. The molecule has 0 aliphatic carbocycles. The van der Waals surface area contributed by atoms with Crippen LogP contribution in [0.1, 0.15) is 39.3 Å². The van der Waals surface area contributed by atoms with Crippen LogP contribution >= 0.6 is 34.7 Å². The molecule has 1 atom stereocenters. The van der Waals surface area contributed by atoms with Crippen molar-refractivity contribution in [2.24, 2.45) is 5.10 Å². The van der Waals surface area contributed by atoms with Crippen LogP contribution in [0.15, 0.2) is 99.1 Å². The van der Waals surface area contributed by atoms with Gasteiger partial charge in [0, 0.05) is 11.4 Å². The minimum absolute atomic E-state index is 0.0608. The Bertz CT molecular complexity index is 1750. The number of nitrogens with zero attached hydrogens (tertiary/aromatic N) is 5. The average Bonchev–Trinajstić information content (AvgIpc) is 3.85. The second-order valence-electron chi connectivity index (χ2n) is 9.42. The maximum absolute atomic E-state index is 13.7. The highest BCUT2D eigenvalue weighted by Crippen LogP contribution is 2.35. The number of amides is 2. The molecule has 0 fully saturated rings. The minimum Gasteiger partial charge on any atom is -0.497 e. The molecule has 0 saturated carbocycles. The number of hydrogen-bond acceptors (Lipinski definition) is 9. The lowest BCUT2D eigenvalue weighted by Gasteiger charge is -2.22. The quantitative estimate of drug-likeness (QED) is 0.188. The standard InChI is InChI=1S/C30H25ClN6O4S2/c1-40-22-11-9-19(10-12-22)24-16-23(26-8-4-14-42-26)35-37(24)28(38)18-43-30-34-33-27(17-32-29(39)25-7-3-13-41-25)36(30)21-6-2-5-20(31)15-21/h2-15,24H,16-18H2,1H3,(H,32,39)/t24-/m1/s1. The Hall–Kier alpha value is -4.39. The van der Waals surface area contributed by atoms with Gasteiger partial charge >= 0.3 is 0 Å². The molecule has 4 heterocycles. The molecule has 0 unspecified atom stereocenters. The molecule has 3 aromatic heterocycles. The van der Waals surface area contributed by atoms with E-state index in [-0.39, 0.29) is 35.9 Å². The fraction of sp³-hybridized carbons (Fsp3) is 0.167. The highest BCUT2D eigenvalue weighted by Gasteiger charge is 2.33. The van der Waals surface area contributed by atoms with E-state index in [4.69, 9.17) is 25.9 Å². The molecule has 1 aliphatic heterocycles. The molecule has 13 heteroatoms. The first-order valence-electron chi connectivity index (χ1n) is 13.2. The van der Waals surface area contributed by atoms with Crippen LogP contribution in [-0.2, 0) is 11.3 Å². The lowest BCUT2D eigenvalue weighted by atomic mass is 10.0. The molecular weight excluding hydrogens is 608 g/mol. The summed E-state index contributed by atoms with van der Waals surface area (Å²) in [5.41, 5.74) is 2.53. The maximum Gasteiger partial charge on any atom is 0.287 e. The number of aromatic nitrogens is 3. The molecule has 218 valence electrons. The highest BCUT2D eigenvalue weighted by atomic mass is 35.5. The van der Waals surface area contributed by atoms with E-state index in [1.165, 1.54) is 18.0 Å². The number of benzene rings is 2. The molecule has 43 heavy (non-hydrogen) atoms. The number of carbonyl (C=O) groups excluding carboxylic acids is 2. The van der Waals surface area contributed by atoms with Crippen LogP contribution in [0.25, 0.3) is 5.69 Å². The average molecular weight is 633 g/mol. The zero-order valence-electron chi connectivity index (χ0n) is 22.8. The van der Waals surface area contributed by atoms with Crippen molar-refractivity contribution in [3.8, 4) is 11.4 Å². The topological polar surface area (TPSA) is 115 Å². The van der Waals surface area contributed by atoms with Crippen molar-refractivity contribution in [3.63, 3.8) is 0 Å². The van der Waals surface area contributed by atoms with E-state index in [0.717, 1.165) is 21.9 Å². The molecule has 1 N–H and O–H groups in total. The normalized spacial score (nSPS) is 14.5. The van der Waals surface area contributed by atoms with Gasteiger partial charge in [-0.05, 0) is 59.5 Å². The summed E-state index contributed by atoms with van der Waals surface area (Å²) in [5.74, 6) is 0.899. The predicted molar refractivity (Wildman–Crippen MR) is 165 cm³/mol. The van der Waals surface area contributed by atoms with Gasteiger partial charge in [0.1, 0.15) is 5.75 Å². The summed E-state index contributed by atoms with van der Waals surface area (Å²) in [5, 5.41) is 20.8. The van der Waals surface area contributed by atoms with Gasteiger partial charge in [-0.3, -0.25) is 14.2 Å². The number of methoxy groups -OCH3 is 1. The first-order chi connectivity index (χ1) is 21.0. The Morgan fingerprint density at radius 2 is 1.98 bits per heavy atom. The minimum atomic E-state index is -0.381. The van der Waals surface area contributed by atoms with E-state index in [1.807, 2.05) is 53.9 Å². The highest BCUT2D eigenvalue weighted by molar-refractivity contribution is 7.99. The summed E-state index contributed by atoms with van der Waals surface area (Å²) in [7, 11) is 1.62. The van der Waals surface area contributed by atoms with Gasteiger partial charge in [0.25, 0.3) is 11.8 Å². The number of rotatable bonds is 10. The van der Waals surface area contributed by atoms with Crippen LogP contribution in [0.4, 0.5) is 0 Å². The Balaban J connectivity index is 1.24. The molecule has 6 rings (SSSR count). The number of carbonyl (C=O) groups is 2. The number of hydrazone groups is 1. The van der Waals surface area contributed by atoms with Crippen molar-refractivity contribution in [3.05, 3.63) is 111 Å². The van der Waals surface area contributed by atoms with Gasteiger partial charge in [-0.25, -0.2) is 5.01 Å². The summed E-state index contributed by atoms with van der Waals surface area (Å²) in [6, 6.07) is 21.8. The molecule has 0 saturated heterocycles. The summed E-state index contributed by atoms with van der Waals surface area (Å²) >= 11 is 9.13. The van der Waals surface area contributed by atoms with Crippen molar-refractivity contribution in [1.82, 2.24) is 25.1 Å². The van der Waals surface area contributed by atoms with Crippen molar-refractivity contribution in [2.75, 3.05) is 12.9 Å². The first-order valence-corrected chi connectivity index (χ1v) is 15.5. The molecule has 2 amide bonds. The second-order valence-corrected chi connectivity index (χ2v) is 11.7. The van der Waals surface area contributed by atoms with Crippen LogP contribution in [-0.4, -0.2) is 50.2 Å². The Labute approximate surface area is 260 Å². The maximum atomic E-state index is 13.7. The Morgan fingerprint density at radius 1 is 1.12 bits per heavy atom. The van der Waals surface area contributed by atoms with E-state index < -0.39 is 0 Å². The molecule has 10 nitrogen and oxygen atoms in total. The van der Waals surface area contributed by atoms with Gasteiger partial charge in [0.2, 0.25) is 0 Å². The van der Waals surface area contributed by atoms with Gasteiger partial charge in [0.15, 0.2) is 16.7 Å². The Kier molecular flexibility index (Phi) is 8.59. The fourth-order valence-corrected chi connectivity index (χ4v) is 6.38. The predicted octanol–water partition coefficient (Wildman–Crippen LogP) is 5.98. The summed E-state index contributed by atoms with van der Waals surface area (Å²) in [4.78, 5) is 27.2. The van der Waals surface area contributed by atoms with Crippen molar-refractivity contribution in [1.29, 1.82) is 0 Å². The smallest absolute Gasteiger partial charge is 0.287 e.